The van der Waals surface area contributed by atoms with Gasteiger partial charge in [-0.25, -0.2) is 4.98 Å². The fourth-order valence-electron chi connectivity index (χ4n) is 2.94. The number of carbonyl (C=O) groups is 2. The molecule has 2 N–H and O–H groups in total. The van der Waals surface area contributed by atoms with Gasteiger partial charge in [-0.2, -0.15) is 11.3 Å². The van der Waals surface area contributed by atoms with Crippen LogP contribution in [0.5, 0.6) is 0 Å². The molecule has 0 spiro atoms. The normalized spacial score (nSPS) is 13.8. The summed E-state index contributed by atoms with van der Waals surface area (Å²) < 4.78 is 0. The molecular weight excluding hydrogens is 416 g/mol. The van der Waals surface area contributed by atoms with Crippen LogP contribution in [0, 0.1) is 0 Å². The quantitative estimate of drug-likeness (QED) is 0.636. The van der Waals surface area contributed by atoms with E-state index in [0.717, 1.165) is 29.2 Å². The van der Waals surface area contributed by atoms with E-state index in [1.807, 2.05) is 10.8 Å². The van der Waals surface area contributed by atoms with Gasteiger partial charge in [0.2, 0.25) is 5.91 Å². The molecule has 0 aliphatic carbocycles. The van der Waals surface area contributed by atoms with Crippen molar-refractivity contribution in [3.63, 3.8) is 0 Å². The van der Waals surface area contributed by atoms with Crippen LogP contribution in [0.1, 0.15) is 20.9 Å². The van der Waals surface area contributed by atoms with Gasteiger partial charge in [-0.1, -0.05) is 11.6 Å². The van der Waals surface area contributed by atoms with E-state index in [1.165, 1.54) is 22.7 Å². The first-order valence-electron chi connectivity index (χ1n) is 8.67. The largest absolute Gasteiger partial charge is 0.325 e. The monoisotopic (exact) mass is 432 g/mol. The first kappa shape index (κ1) is 19.1. The molecule has 6 nitrogen and oxygen atoms in total. The number of rotatable bonds is 5. The second-order valence-corrected chi connectivity index (χ2v) is 8.67. The minimum absolute atomic E-state index is 0.0683. The number of carbonyl (C=O) groups excluding carboxylic acids is 2. The molecule has 2 aromatic heterocycles. The van der Waals surface area contributed by atoms with Crippen molar-refractivity contribution in [1.82, 2.24) is 9.88 Å². The topological polar surface area (TPSA) is 74.3 Å². The molecule has 1 aliphatic heterocycles. The summed E-state index contributed by atoms with van der Waals surface area (Å²) in [6.45, 7) is 1.70. The minimum atomic E-state index is -0.147. The highest BCUT2D eigenvalue weighted by Gasteiger charge is 2.23. The lowest BCUT2D eigenvalue weighted by atomic mass is 10.2. The Balaban J connectivity index is 1.34. The minimum Gasteiger partial charge on any atom is -0.325 e. The molecular formula is C19H17ClN4O2S2. The molecule has 1 aromatic carbocycles. The molecule has 0 saturated heterocycles. The van der Waals surface area contributed by atoms with E-state index in [0.29, 0.717) is 28.8 Å². The fourth-order valence-corrected chi connectivity index (χ4v) is 4.74. The van der Waals surface area contributed by atoms with Crippen molar-refractivity contribution in [2.24, 2.45) is 0 Å². The van der Waals surface area contributed by atoms with Crippen molar-refractivity contribution < 1.29 is 9.59 Å². The van der Waals surface area contributed by atoms with Crippen LogP contribution in [0.2, 0.25) is 5.02 Å². The number of hydrogen-bond donors (Lipinski definition) is 2. The Morgan fingerprint density at radius 2 is 2.00 bits per heavy atom. The number of nitrogens with zero attached hydrogens (tertiary/aromatic N) is 2. The highest BCUT2D eigenvalue weighted by atomic mass is 35.5. The lowest BCUT2D eigenvalue weighted by molar-refractivity contribution is -0.117. The van der Waals surface area contributed by atoms with E-state index in [2.05, 4.69) is 20.5 Å². The first-order chi connectivity index (χ1) is 13.6. The highest BCUT2D eigenvalue weighted by Crippen LogP contribution is 2.28. The van der Waals surface area contributed by atoms with Crippen LogP contribution in [-0.4, -0.2) is 34.8 Å². The zero-order valence-electron chi connectivity index (χ0n) is 14.8. The number of anilines is 2. The molecule has 9 heteroatoms. The third-order valence-corrected chi connectivity index (χ3v) is 6.24. The molecule has 0 bridgehead atoms. The number of halogens is 1. The molecule has 0 radical (unpaired) electrons. The number of hydrogen-bond acceptors (Lipinski definition) is 6. The van der Waals surface area contributed by atoms with Crippen molar-refractivity contribution in [2.45, 2.75) is 13.0 Å². The number of thiazole rings is 1. The van der Waals surface area contributed by atoms with Gasteiger partial charge < -0.3 is 5.32 Å². The van der Waals surface area contributed by atoms with Crippen molar-refractivity contribution in [2.75, 3.05) is 23.7 Å². The second-order valence-electron chi connectivity index (χ2n) is 6.37. The Kier molecular flexibility index (Phi) is 5.72. The third-order valence-electron chi connectivity index (χ3n) is 4.31. The number of thiophene rings is 1. The third kappa shape index (κ3) is 4.59. The van der Waals surface area contributed by atoms with Crippen molar-refractivity contribution in [1.29, 1.82) is 0 Å². The van der Waals surface area contributed by atoms with Crippen LogP contribution in [0.15, 0.2) is 41.1 Å². The molecule has 3 aromatic rings. The van der Waals surface area contributed by atoms with E-state index in [-0.39, 0.29) is 11.8 Å². The van der Waals surface area contributed by atoms with Gasteiger partial charge in [0, 0.05) is 40.5 Å². The zero-order chi connectivity index (χ0) is 19.5. The molecule has 0 saturated carbocycles. The molecule has 0 unspecified atom stereocenters. The van der Waals surface area contributed by atoms with Crippen molar-refractivity contribution in [3.8, 4) is 0 Å². The van der Waals surface area contributed by atoms with Gasteiger partial charge in [0.1, 0.15) is 0 Å². The Labute approximate surface area is 175 Å². The molecule has 2 amide bonds. The molecule has 3 heterocycles. The summed E-state index contributed by atoms with van der Waals surface area (Å²) in [5.41, 5.74) is 2.36. The zero-order valence-corrected chi connectivity index (χ0v) is 17.2. The standard InChI is InChI=1S/C19H17ClN4O2S2/c20-13-1-3-14(4-2-13)21-17(25)10-24-7-5-15-16(9-24)28-19(22-15)23-18(26)12-6-8-27-11-12/h1-4,6,8,11H,5,7,9-10H2,(H,21,25)(H,22,23,26). The Morgan fingerprint density at radius 3 is 2.75 bits per heavy atom. The van der Waals surface area contributed by atoms with E-state index in [1.54, 1.807) is 30.3 Å². The smallest absolute Gasteiger partial charge is 0.258 e. The summed E-state index contributed by atoms with van der Waals surface area (Å²) >= 11 is 8.82. The maximum Gasteiger partial charge on any atom is 0.258 e. The number of aromatic nitrogens is 1. The fraction of sp³-hybridized carbons (Fsp3) is 0.211. The van der Waals surface area contributed by atoms with Gasteiger partial charge >= 0.3 is 0 Å². The summed E-state index contributed by atoms with van der Waals surface area (Å²) in [5, 5.41) is 10.7. The predicted octanol–water partition coefficient (Wildman–Crippen LogP) is 4.11. The number of amides is 2. The maximum absolute atomic E-state index is 12.3. The Hall–Kier alpha value is -2.26. The van der Waals surface area contributed by atoms with E-state index in [4.69, 9.17) is 11.6 Å². The average Bonchev–Trinajstić information content (AvgIpc) is 3.32. The van der Waals surface area contributed by atoms with Crippen LogP contribution in [0.3, 0.4) is 0 Å². The van der Waals surface area contributed by atoms with E-state index in [9.17, 15) is 9.59 Å². The SMILES string of the molecule is O=C(CN1CCc2nc(NC(=O)c3ccsc3)sc2C1)Nc1ccc(Cl)cc1. The lowest BCUT2D eigenvalue weighted by Crippen LogP contribution is -2.36. The molecule has 144 valence electrons. The average molecular weight is 433 g/mol. The van der Waals surface area contributed by atoms with Gasteiger partial charge in [-0.05, 0) is 35.7 Å². The molecule has 0 atom stereocenters. The van der Waals surface area contributed by atoms with Gasteiger partial charge in [0.15, 0.2) is 5.13 Å². The molecule has 0 fully saturated rings. The summed E-state index contributed by atoms with van der Waals surface area (Å²) in [6.07, 6.45) is 0.758. The second kappa shape index (κ2) is 8.40. The summed E-state index contributed by atoms with van der Waals surface area (Å²) in [4.78, 5) is 32.2. The van der Waals surface area contributed by atoms with E-state index >= 15 is 0 Å². The summed E-state index contributed by atoms with van der Waals surface area (Å²) in [7, 11) is 0. The van der Waals surface area contributed by atoms with Crippen LogP contribution in [-0.2, 0) is 17.8 Å². The summed E-state index contributed by atoms with van der Waals surface area (Å²) in [5.74, 6) is -0.215. The number of nitrogens with one attached hydrogen (secondary N) is 2. The molecule has 28 heavy (non-hydrogen) atoms. The van der Waals surface area contributed by atoms with Gasteiger partial charge in [0.25, 0.3) is 5.91 Å². The Morgan fingerprint density at radius 1 is 1.18 bits per heavy atom. The Bertz CT molecular complexity index is 986. The van der Waals surface area contributed by atoms with Gasteiger partial charge in [0.05, 0.1) is 17.8 Å². The van der Waals surface area contributed by atoms with E-state index < -0.39 is 0 Å². The van der Waals surface area contributed by atoms with Crippen LogP contribution >= 0.6 is 34.3 Å². The number of benzene rings is 1. The first-order valence-corrected chi connectivity index (χ1v) is 10.8. The maximum atomic E-state index is 12.3. The predicted molar refractivity (Wildman–Crippen MR) is 113 cm³/mol. The summed E-state index contributed by atoms with van der Waals surface area (Å²) in [6, 6.07) is 8.83. The van der Waals surface area contributed by atoms with Crippen LogP contribution in [0.4, 0.5) is 10.8 Å². The van der Waals surface area contributed by atoms with Crippen molar-refractivity contribution >= 4 is 56.9 Å². The number of fused-ring (bicyclic) bond motifs is 1. The molecule has 4 rings (SSSR count). The van der Waals surface area contributed by atoms with Gasteiger partial charge in [-0.3, -0.25) is 19.8 Å². The van der Waals surface area contributed by atoms with Crippen molar-refractivity contribution in [3.05, 3.63) is 62.2 Å². The highest BCUT2D eigenvalue weighted by molar-refractivity contribution is 7.16. The van der Waals surface area contributed by atoms with Crippen LogP contribution < -0.4 is 10.6 Å². The lowest BCUT2D eigenvalue weighted by Gasteiger charge is -2.25. The van der Waals surface area contributed by atoms with Crippen LogP contribution in [0.25, 0.3) is 0 Å². The van der Waals surface area contributed by atoms with Gasteiger partial charge in [-0.15, -0.1) is 11.3 Å². The molecule has 1 aliphatic rings.